The molecule has 144 valence electrons. The van der Waals surface area contributed by atoms with E-state index in [1.54, 1.807) is 28.0 Å². The third-order valence-electron chi connectivity index (χ3n) is 4.88. The van der Waals surface area contributed by atoms with Crippen LogP contribution in [0.2, 0.25) is 0 Å². The van der Waals surface area contributed by atoms with Crippen LogP contribution in [-0.2, 0) is 11.3 Å². The maximum atomic E-state index is 13.1. The zero-order valence-corrected chi connectivity index (χ0v) is 16.1. The molecule has 7 heteroatoms. The van der Waals surface area contributed by atoms with Gasteiger partial charge in [-0.2, -0.15) is 5.10 Å². The van der Waals surface area contributed by atoms with Crippen LogP contribution in [-0.4, -0.2) is 57.6 Å². The molecule has 0 aliphatic carbocycles. The van der Waals surface area contributed by atoms with Gasteiger partial charge in [-0.15, -0.1) is 0 Å². The fraction of sp³-hybridized carbons (Fsp3) is 0.500. The molecule has 2 aromatic rings. The molecule has 0 spiro atoms. The number of piperazine rings is 1. The zero-order chi connectivity index (χ0) is 19.6. The van der Waals surface area contributed by atoms with E-state index in [4.69, 9.17) is 0 Å². The number of rotatable bonds is 4. The van der Waals surface area contributed by atoms with Crippen LogP contribution in [0.3, 0.4) is 0 Å². The Balaban J connectivity index is 1.89. The Morgan fingerprint density at radius 3 is 2.22 bits per heavy atom. The average Bonchev–Trinajstić information content (AvgIpc) is 2.69. The van der Waals surface area contributed by atoms with Gasteiger partial charge in [-0.25, -0.2) is 4.68 Å². The van der Waals surface area contributed by atoms with Crippen molar-refractivity contribution in [1.82, 2.24) is 19.6 Å². The molecule has 0 radical (unpaired) electrons. The highest BCUT2D eigenvalue weighted by molar-refractivity contribution is 6.04. The maximum absolute atomic E-state index is 13.1. The maximum Gasteiger partial charge on any atom is 0.275 e. The summed E-state index contributed by atoms with van der Waals surface area (Å²) in [6.07, 6.45) is 0.759. The van der Waals surface area contributed by atoms with Crippen molar-refractivity contribution in [3.63, 3.8) is 0 Å². The predicted molar refractivity (Wildman–Crippen MR) is 104 cm³/mol. The highest BCUT2D eigenvalue weighted by Gasteiger charge is 2.28. The van der Waals surface area contributed by atoms with E-state index in [2.05, 4.69) is 5.10 Å². The summed E-state index contributed by atoms with van der Waals surface area (Å²) in [6, 6.07) is 7.11. The Kier molecular flexibility index (Phi) is 5.58. The molecular formula is C20H26N4O3. The number of hydrogen-bond donors (Lipinski definition) is 0. The average molecular weight is 370 g/mol. The van der Waals surface area contributed by atoms with E-state index in [0.717, 1.165) is 6.42 Å². The fourth-order valence-corrected chi connectivity index (χ4v) is 3.40. The second kappa shape index (κ2) is 7.90. The van der Waals surface area contributed by atoms with Crippen LogP contribution in [0.5, 0.6) is 0 Å². The highest BCUT2D eigenvalue weighted by atomic mass is 16.2. The van der Waals surface area contributed by atoms with Crippen LogP contribution in [0.25, 0.3) is 10.8 Å². The molecular weight excluding hydrogens is 344 g/mol. The number of amides is 2. The second-order valence-corrected chi connectivity index (χ2v) is 7.19. The van der Waals surface area contributed by atoms with Crippen LogP contribution >= 0.6 is 0 Å². The molecule has 0 N–H and O–H groups in total. The van der Waals surface area contributed by atoms with Gasteiger partial charge in [0.2, 0.25) is 5.91 Å². The number of fused-ring (bicyclic) bond motifs is 1. The van der Waals surface area contributed by atoms with Crippen LogP contribution < -0.4 is 5.56 Å². The molecule has 7 nitrogen and oxygen atoms in total. The Labute approximate surface area is 158 Å². The molecule has 0 bridgehead atoms. The minimum Gasteiger partial charge on any atom is -0.339 e. The molecule has 0 saturated carbocycles. The van der Waals surface area contributed by atoms with Gasteiger partial charge in [0.25, 0.3) is 11.5 Å². The van der Waals surface area contributed by atoms with E-state index in [-0.39, 0.29) is 23.3 Å². The lowest BCUT2D eigenvalue weighted by atomic mass is 10.1. The molecule has 2 heterocycles. The first-order valence-corrected chi connectivity index (χ1v) is 9.52. The summed E-state index contributed by atoms with van der Waals surface area (Å²) in [6.45, 7) is 8.20. The summed E-state index contributed by atoms with van der Waals surface area (Å²) < 4.78 is 1.38. The number of nitrogens with zero attached hydrogens (tertiary/aromatic N) is 4. The number of carbonyl (C=O) groups excluding carboxylic acids is 2. The number of hydrogen-bond acceptors (Lipinski definition) is 4. The molecule has 2 amide bonds. The molecule has 0 unspecified atom stereocenters. The van der Waals surface area contributed by atoms with Crippen LogP contribution in [0, 0.1) is 5.92 Å². The lowest BCUT2D eigenvalue weighted by Gasteiger charge is -2.35. The lowest BCUT2D eigenvalue weighted by Crippen LogP contribution is -2.51. The van der Waals surface area contributed by atoms with E-state index in [1.165, 1.54) is 4.68 Å². The summed E-state index contributed by atoms with van der Waals surface area (Å²) in [5.74, 6) is -0.120. The molecule has 1 aromatic heterocycles. The topological polar surface area (TPSA) is 75.5 Å². The Morgan fingerprint density at radius 1 is 1.04 bits per heavy atom. The molecule has 0 atom stereocenters. The van der Waals surface area contributed by atoms with Gasteiger partial charge in [0, 0.05) is 44.0 Å². The van der Waals surface area contributed by atoms with Gasteiger partial charge in [0.1, 0.15) is 0 Å². The summed E-state index contributed by atoms with van der Waals surface area (Å²) in [5.41, 5.74) is 0.138. The second-order valence-electron chi connectivity index (χ2n) is 7.19. The lowest BCUT2D eigenvalue weighted by molar-refractivity contribution is -0.135. The molecule has 1 fully saturated rings. The molecule has 1 saturated heterocycles. The smallest absolute Gasteiger partial charge is 0.275 e. The molecule has 3 rings (SSSR count). The quantitative estimate of drug-likeness (QED) is 0.822. The van der Waals surface area contributed by atoms with E-state index >= 15 is 0 Å². The molecule has 1 aromatic carbocycles. The minimum atomic E-state index is -0.187. The highest BCUT2D eigenvalue weighted by Crippen LogP contribution is 2.17. The predicted octanol–water partition coefficient (Wildman–Crippen LogP) is 1.75. The van der Waals surface area contributed by atoms with Crippen molar-refractivity contribution in [3.8, 4) is 0 Å². The first kappa shape index (κ1) is 19.1. The number of aromatic nitrogens is 2. The van der Waals surface area contributed by atoms with Crippen LogP contribution in [0.15, 0.2) is 29.1 Å². The number of benzene rings is 1. The van der Waals surface area contributed by atoms with Gasteiger partial charge in [-0.1, -0.05) is 39.0 Å². The first-order chi connectivity index (χ1) is 12.9. The van der Waals surface area contributed by atoms with E-state index in [0.29, 0.717) is 49.2 Å². The van der Waals surface area contributed by atoms with Gasteiger partial charge < -0.3 is 9.80 Å². The number of carbonyl (C=O) groups is 2. The van der Waals surface area contributed by atoms with Crippen molar-refractivity contribution in [3.05, 3.63) is 40.3 Å². The fourth-order valence-electron chi connectivity index (χ4n) is 3.40. The summed E-state index contributed by atoms with van der Waals surface area (Å²) in [7, 11) is 0. The summed E-state index contributed by atoms with van der Waals surface area (Å²) >= 11 is 0. The Bertz CT molecular complexity index is 911. The van der Waals surface area contributed by atoms with E-state index < -0.39 is 0 Å². The van der Waals surface area contributed by atoms with Crippen LogP contribution in [0.1, 0.15) is 37.7 Å². The van der Waals surface area contributed by atoms with Crippen molar-refractivity contribution in [2.24, 2.45) is 5.92 Å². The van der Waals surface area contributed by atoms with E-state index in [1.807, 2.05) is 26.8 Å². The molecule has 1 aliphatic heterocycles. The monoisotopic (exact) mass is 370 g/mol. The Morgan fingerprint density at radius 2 is 1.63 bits per heavy atom. The number of aryl methyl sites for hydroxylation is 1. The van der Waals surface area contributed by atoms with Crippen LogP contribution in [0.4, 0.5) is 0 Å². The molecule has 27 heavy (non-hydrogen) atoms. The summed E-state index contributed by atoms with van der Waals surface area (Å²) in [5, 5.41) is 5.48. The van der Waals surface area contributed by atoms with Gasteiger partial charge in [-0.3, -0.25) is 14.4 Å². The van der Waals surface area contributed by atoms with Crippen molar-refractivity contribution >= 4 is 22.6 Å². The SMILES string of the molecule is CCCn1nc(C(=O)N2CCN(C(=O)C(C)C)CC2)c2ccccc2c1=O. The van der Waals surface area contributed by atoms with E-state index in [9.17, 15) is 14.4 Å². The Hall–Kier alpha value is -2.70. The third kappa shape index (κ3) is 3.72. The zero-order valence-electron chi connectivity index (χ0n) is 16.1. The normalized spacial score (nSPS) is 14.8. The molecule has 1 aliphatic rings. The standard InChI is InChI=1S/C20H26N4O3/c1-4-9-24-19(26)16-8-6-5-7-15(16)17(21-24)20(27)23-12-10-22(11-13-23)18(25)14(2)3/h5-8,14H,4,9-13H2,1-3H3. The first-order valence-electron chi connectivity index (χ1n) is 9.52. The largest absolute Gasteiger partial charge is 0.339 e. The third-order valence-corrected chi connectivity index (χ3v) is 4.88. The minimum absolute atomic E-state index is 0.0459. The van der Waals surface area contributed by atoms with Gasteiger partial charge in [0.15, 0.2) is 5.69 Å². The van der Waals surface area contributed by atoms with Crippen molar-refractivity contribution in [2.75, 3.05) is 26.2 Å². The van der Waals surface area contributed by atoms with Gasteiger partial charge in [0.05, 0.1) is 5.39 Å². The van der Waals surface area contributed by atoms with Crippen molar-refractivity contribution < 1.29 is 9.59 Å². The van der Waals surface area contributed by atoms with Crippen molar-refractivity contribution in [1.29, 1.82) is 0 Å². The van der Waals surface area contributed by atoms with Crippen molar-refractivity contribution in [2.45, 2.75) is 33.7 Å². The van der Waals surface area contributed by atoms with Gasteiger partial charge >= 0.3 is 0 Å². The van der Waals surface area contributed by atoms with Gasteiger partial charge in [-0.05, 0) is 12.5 Å². The summed E-state index contributed by atoms with van der Waals surface area (Å²) in [4.78, 5) is 41.4.